The van der Waals surface area contributed by atoms with Gasteiger partial charge in [0.15, 0.2) is 5.78 Å². The number of thiazole rings is 1. The topological polar surface area (TPSA) is 77.4 Å². The Hall–Kier alpha value is -2.29. The molecule has 1 saturated heterocycles. The quantitative estimate of drug-likeness (QED) is 0.687. The Morgan fingerprint density at radius 3 is 2.75 bits per heavy atom. The van der Waals surface area contributed by atoms with Crippen LogP contribution in [0.15, 0.2) is 23.0 Å². The van der Waals surface area contributed by atoms with Gasteiger partial charge in [-0.25, -0.2) is 4.39 Å². The summed E-state index contributed by atoms with van der Waals surface area (Å²) in [4.78, 5) is 38.2. The van der Waals surface area contributed by atoms with Gasteiger partial charge in [0.25, 0.3) is 5.56 Å². The fourth-order valence-corrected chi connectivity index (χ4v) is 4.37. The second-order valence-electron chi connectivity index (χ2n) is 8.67. The highest BCUT2D eigenvalue weighted by Crippen LogP contribution is 2.19. The van der Waals surface area contributed by atoms with Gasteiger partial charge in [-0.3, -0.25) is 19.0 Å². The van der Waals surface area contributed by atoms with Crippen LogP contribution >= 0.6 is 22.9 Å². The van der Waals surface area contributed by atoms with Crippen molar-refractivity contribution in [1.82, 2.24) is 9.88 Å². The minimum absolute atomic E-state index is 0.0289. The Morgan fingerprint density at radius 1 is 1.38 bits per heavy atom. The molecule has 32 heavy (non-hydrogen) atoms. The lowest BCUT2D eigenvalue weighted by Gasteiger charge is -2.13. The summed E-state index contributed by atoms with van der Waals surface area (Å²) >= 11 is 7.11. The number of rotatable bonds is 6. The van der Waals surface area contributed by atoms with Crippen molar-refractivity contribution >= 4 is 46.8 Å². The van der Waals surface area contributed by atoms with Crippen molar-refractivity contribution < 1.29 is 18.7 Å². The number of ether oxygens (including phenoxy) is 1. The molecule has 0 radical (unpaired) electrons. The third kappa shape index (κ3) is 5.94. The Bertz CT molecular complexity index is 1170. The molecule has 1 amide bonds. The molecule has 1 atom stereocenters. The molecule has 6 nitrogen and oxygen atoms in total. The fourth-order valence-electron chi connectivity index (χ4n) is 3.13. The van der Waals surface area contributed by atoms with Crippen LogP contribution in [0.3, 0.4) is 0 Å². The van der Waals surface area contributed by atoms with Crippen LogP contribution in [-0.4, -0.2) is 35.5 Å². The van der Waals surface area contributed by atoms with E-state index in [-0.39, 0.29) is 39.5 Å². The van der Waals surface area contributed by atoms with Gasteiger partial charge in [0.2, 0.25) is 5.91 Å². The molecule has 1 aliphatic heterocycles. The number of hydrogen-bond acceptors (Lipinski definition) is 5. The standard InChI is InChI=1S/C23H26ClFN2O4S/c1-23(2,3)19(28)11-21-27(13-20(29)26-12-14-6-5-9-31-14)22(30)18(32-21)10-15-16(24)7-4-8-17(15)25/h4,7-8,10-11,14H,5-6,9,12-13H2,1-3H3,(H,26,29). The molecule has 0 bridgehead atoms. The molecule has 1 unspecified atom stereocenters. The zero-order chi connectivity index (χ0) is 23.5. The Morgan fingerprint density at radius 2 is 2.12 bits per heavy atom. The number of nitrogens with one attached hydrogen (secondary N) is 1. The predicted molar refractivity (Wildman–Crippen MR) is 124 cm³/mol. The molecule has 2 aromatic rings. The lowest BCUT2D eigenvalue weighted by Crippen LogP contribution is -2.40. The number of hydrogen-bond donors (Lipinski definition) is 1. The van der Waals surface area contributed by atoms with E-state index in [1.807, 2.05) is 0 Å². The van der Waals surface area contributed by atoms with E-state index in [9.17, 15) is 18.8 Å². The Balaban J connectivity index is 2.01. The van der Waals surface area contributed by atoms with Crippen LogP contribution < -0.4 is 20.1 Å². The Labute approximate surface area is 194 Å². The summed E-state index contributed by atoms with van der Waals surface area (Å²) in [5, 5.41) is 2.94. The molecule has 3 rings (SSSR count). The lowest BCUT2D eigenvalue weighted by molar-refractivity contribution is -0.122. The molecule has 1 aliphatic rings. The summed E-state index contributed by atoms with van der Waals surface area (Å²) in [6.07, 6.45) is 4.51. The van der Waals surface area contributed by atoms with Gasteiger partial charge in [-0.1, -0.05) is 38.4 Å². The fraction of sp³-hybridized carbons (Fsp3) is 0.435. The third-order valence-electron chi connectivity index (χ3n) is 5.06. The molecular weight excluding hydrogens is 455 g/mol. The van der Waals surface area contributed by atoms with Crippen LogP contribution in [0.4, 0.5) is 4.39 Å². The van der Waals surface area contributed by atoms with Crippen LogP contribution in [0.1, 0.15) is 39.2 Å². The van der Waals surface area contributed by atoms with E-state index in [0.29, 0.717) is 17.8 Å². The van der Waals surface area contributed by atoms with Gasteiger partial charge in [0, 0.05) is 30.2 Å². The van der Waals surface area contributed by atoms with E-state index in [2.05, 4.69) is 5.32 Å². The van der Waals surface area contributed by atoms with Crippen LogP contribution in [0.2, 0.25) is 5.02 Å². The normalized spacial score (nSPS) is 17.7. The number of carbonyl (C=O) groups is 2. The zero-order valence-electron chi connectivity index (χ0n) is 18.2. The second-order valence-corrected chi connectivity index (χ2v) is 10.1. The van der Waals surface area contributed by atoms with Gasteiger partial charge < -0.3 is 10.1 Å². The monoisotopic (exact) mass is 480 g/mol. The molecule has 0 spiro atoms. The summed E-state index contributed by atoms with van der Waals surface area (Å²) in [7, 11) is 0. The van der Waals surface area contributed by atoms with Crippen molar-refractivity contribution in [3.05, 3.63) is 54.2 Å². The van der Waals surface area contributed by atoms with E-state index in [0.717, 1.165) is 24.2 Å². The van der Waals surface area contributed by atoms with Crippen LogP contribution in [0.25, 0.3) is 12.2 Å². The Kier molecular flexibility index (Phi) is 7.69. The first-order chi connectivity index (χ1) is 15.1. The summed E-state index contributed by atoms with van der Waals surface area (Å²) in [6, 6.07) is 4.25. The molecule has 172 valence electrons. The first-order valence-corrected chi connectivity index (χ1v) is 11.6. The van der Waals surface area contributed by atoms with Gasteiger partial charge in [-0.2, -0.15) is 0 Å². The zero-order valence-corrected chi connectivity index (χ0v) is 19.8. The minimum Gasteiger partial charge on any atom is -0.376 e. The molecule has 9 heteroatoms. The number of halogens is 2. The van der Waals surface area contributed by atoms with Gasteiger partial charge in [-0.05, 0) is 31.1 Å². The predicted octanol–water partition coefficient (Wildman–Crippen LogP) is 2.22. The van der Waals surface area contributed by atoms with E-state index in [4.69, 9.17) is 16.3 Å². The van der Waals surface area contributed by atoms with E-state index < -0.39 is 16.8 Å². The smallest absolute Gasteiger partial charge is 0.269 e. The van der Waals surface area contributed by atoms with Crippen molar-refractivity contribution in [3.63, 3.8) is 0 Å². The summed E-state index contributed by atoms with van der Waals surface area (Å²) in [5.41, 5.74) is -1.07. The van der Waals surface area contributed by atoms with Crippen LogP contribution in [0, 0.1) is 11.2 Å². The third-order valence-corrected chi connectivity index (χ3v) is 6.45. The highest BCUT2D eigenvalue weighted by Gasteiger charge is 2.21. The number of benzene rings is 1. The summed E-state index contributed by atoms with van der Waals surface area (Å²) < 4.78 is 21.5. The maximum atomic E-state index is 14.2. The first kappa shape index (κ1) is 24.4. The highest BCUT2D eigenvalue weighted by molar-refractivity contribution is 7.07. The van der Waals surface area contributed by atoms with Crippen molar-refractivity contribution in [2.45, 2.75) is 46.3 Å². The molecule has 1 N–H and O–H groups in total. The molecule has 0 saturated carbocycles. The molecular formula is C23H26ClFN2O4S. The number of amides is 1. The van der Waals surface area contributed by atoms with Crippen LogP contribution in [0.5, 0.6) is 0 Å². The van der Waals surface area contributed by atoms with Crippen molar-refractivity contribution in [3.8, 4) is 0 Å². The maximum absolute atomic E-state index is 14.2. The number of carbonyl (C=O) groups excluding carboxylic acids is 2. The summed E-state index contributed by atoms with van der Waals surface area (Å²) in [6.45, 7) is 6.08. The van der Waals surface area contributed by atoms with E-state index in [1.165, 1.54) is 34.9 Å². The van der Waals surface area contributed by atoms with E-state index in [1.54, 1.807) is 20.8 Å². The average molecular weight is 481 g/mol. The number of nitrogens with zero attached hydrogens (tertiary/aromatic N) is 1. The highest BCUT2D eigenvalue weighted by atomic mass is 35.5. The summed E-state index contributed by atoms with van der Waals surface area (Å²) in [5.74, 6) is -1.13. The molecule has 0 aliphatic carbocycles. The van der Waals surface area contributed by atoms with Gasteiger partial charge in [-0.15, -0.1) is 11.3 Å². The number of ketones is 1. The molecule has 1 aromatic heterocycles. The molecule has 1 fully saturated rings. The first-order valence-electron chi connectivity index (χ1n) is 10.4. The number of Topliss-reactive ketones (excluding diaryl/α,β-unsaturated/α-hetero) is 1. The molecule has 2 heterocycles. The van der Waals surface area contributed by atoms with Gasteiger partial charge in [0.1, 0.15) is 17.0 Å². The average Bonchev–Trinajstić information content (AvgIpc) is 3.33. The largest absolute Gasteiger partial charge is 0.376 e. The number of aromatic nitrogens is 1. The van der Waals surface area contributed by atoms with Crippen LogP contribution in [-0.2, 0) is 20.9 Å². The lowest BCUT2D eigenvalue weighted by atomic mass is 9.91. The van der Waals surface area contributed by atoms with Crippen molar-refractivity contribution in [2.24, 2.45) is 5.41 Å². The van der Waals surface area contributed by atoms with Crippen molar-refractivity contribution in [2.75, 3.05) is 13.2 Å². The van der Waals surface area contributed by atoms with E-state index >= 15 is 0 Å². The maximum Gasteiger partial charge on any atom is 0.269 e. The second kappa shape index (κ2) is 10.1. The minimum atomic E-state index is -0.661. The van der Waals surface area contributed by atoms with Gasteiger partial charge in [0.05, 0.1) is 15.7 Å². The van der Waals surface area contributed by atoms with Crippen molar-refractivity contribution in [1.29, 1.82) is 0 Å². The SMILES string of the molecule is CC(C)(C)C(=O)C=c1sc(=Cc2c(F)cccc2Cl)c(=O)n1CC(=O)NCC1CCCO1. The molecule has 1 aromatic carbocycles. The van der Waals surface area contributed by atoms with Gasteiger partial charge >= 0.3 is 0 Å².